The lowest BCUT2D eigenvalue weighted by Crippen LogP contribution is -2.51. The van der Waals surface area contributed by atoms with Gasteiger partial charge in [0.2, 0.25) is 0 Å². The third-order valence-corrected chi connectivity index (χ3v) is 11.1. The molecule has 2 unspecified atom stereocenters. The Labute approximate surface area is 295 Å². The van der Waals surface area contributed by atoms with E-state index in [0.29, 0.717) is 68.5 Å². The Morgan fingerprint density at radius 1 is 0.959 bits per heavy atom. The lowest BCUT2D eigenvalue weighted by molar-refractivity contribution is -0.144. The summed E-state index contributed by atoms with van der Waals surface area (Å²) < 4.78 is 11.6. The minimum Gasteiger partial charge on any atom is -0.507 e. The monoisotopic (exact) mass is 739 g/mol. The number of nitrogens with one attached hydrogen (secondary N) is 1. The number of rotatable bonds is 9. The van der Waals surface area contributed by atoms with Crippen molar-refractivity contribution in [3.8, 4) is 5.75 Å². The second kappa shape index (κ2) is 15.8. The number of hydrogen-bond donors (Lipinski definition) is 2. The van der Waals surface area contributed by atoms with Gasteiger partial charge in [0.05, 0.1) is 17.6 Å². The number of carbonyl (C=O) groups is 4. The molecule has 0 aliphatic carbocycles. The Balaban J connectivity index is 1.06. The number of likely N-dealkylation sites (tertiary alicyclic amines) is 3. The minimum absolute atomic E-state index is 0.00419. The Morgan fingerprint density at radius 2 is 1.69 bits per heavy atom. The van der Waals surface area contributed by atoms with Crippen molar-refractivity contribution in [3.05, 3.63) is 58.1 Å². The molecule has 6 rings (SSSR count). The molecule has 3 saturated heterocycles. The van der Waals surface area contributed by atoms with Crippen molar-refractivity contribution >= 4 is 45.6 Å². The van der Waals surface area contributed by atoms with E-state index in [9.17, 15) is 24.3 Å². The van der Waals surface area contributed by atoms with Gasteiger partial charge in [-0.1, -0.05) is 24.3 Å². The van der Waals surface area contributed by atoms with Crippen molar-refractivity contribution in [3.63, 3.8) is 0 Å². The number of amides is 4. The van der Waals surface area contributed by atoms with E-state index < -0.39 is 12.2 Å². The average molecular weight is 741 g/mol. The first-order chi connectivity index (χ1) is 23.7. The molecular formula is C36H46BrN5O7. The zero-order valence-electron chi connectivity index (χ0n) is 28.0. The Morgan fingerprint density at radius 3 is 2.47 bits per heavy atom. The number of urea groups is 1. The van der Waals surface area contributed by atoms with Gasteiger partial charge in [0.15, 0.2) is 6.10 Å². The standard InChI is InChI=1S/C36H46BrN5O7/c1-2-48-33(44)23-39-14-9-26(21-39)27-10-15-41(22-27)34(45)32(20-24-7-8-31(43)29(37)19-24)49-36(47)40-16-12-28(13-17-40)42-18-11-25-5-3-4-6-30(25)38-35(42)46/h3-8,19,26-28,32,43H,2,9-18,20-23H2,1H3,(H,38,46)/t26?,27?,32-/m1/s1. The van der Waals surface area contributed by atoms with E-state index >= 15 is 0 Å². The topological polar surface area (TPSA) is 132 Å². The van der Waals surface area contributed by atoms with Crippen LogP contribution in [0.25, 0.3) is 0 Å². The quantitative estimate of drug-likeness (QED) is 0.360. The van der Waals surface area contributed by atoms with Crippen LogP contribution in [0.15, 0.2) is 46.9 Å². The molecule has 2 aromatic rings. The first kappa shape index (κ1) is 35.0. The number of aromatic hydroxyl groups is 1. The highest BCUT2D eigenvalue weighted by molar-refractivity contribution is 9.10. The number of fused-ring (bicyclic) bond motifs is 1. The fourth-order valence-electron chi connectivity index (χ4n) is 7.72. The van der Waals surface area contributed by atoms with Crippen LogP contribution in [0.2, 0.25) is 0 Å². The molecule has 4 heterocycles. The molecule has 0 bridgehead atoms. The first-order valence-corrected chi connectivity index (χ1v) is 18.2. The number of halogens is 1. The number of anilines is 1. The fraction of sp³-hybridized carbons (Fsp3) is 0.556. The minimum atomic E-state index is -1.03. The summed E-state index contributed by atoms with van der Waals surface area (Å²) in [7, 11) is 0. The molecule has 2 N–H and O–H groups in total. The lowest BCUT2D eigenvalue weighted by atomic mass is 9.91. The van der Waals surface area contributed by atoms with Crippen LogP contribution in [0, 0.1) is 11.8 Å². The van der Waals surface area contributed by atoms with E-state index in [1.165, 1.54) is 0 Å². The molecule has 4 aliphatic heterocycles. The van der Waals surface area contributed by atoms with E-state index in [-0.39, 0.29) is 42.7 Å². The van der Waals surface area contributed by atoms with E-state index in [4.69, 9.17) is 9.47 Å². The summed E-state index contributed by atoms with van der Waals surface area (Å²) in [5.41, 5.74) is 2.71. The van der Waals surface area contributed by atoms with Gasteiger partial charge in [-0.3, -0.25) is 14.5 Å². The van der Waals surface area contributed by atoms with E-state index in [0.717, 1.165) is 49.2 Å². The molecule has 3 atom stereocenters. The molecule has 0 radical (unpaired) electrons. The van der Waals surface area contributed by atoms with Crippen molar-refractivity contribution in [1.29, 1.82) is 0 Å². The van der Waals surface area contributed by atoms with Crippen LogP contribution < -0.4 is 5.32 Å². The van der Waals surface area contributed by atoms with Gasteiger partial charge in [-0.05, 0) is 103 Å². The van der Waals surface area contributed by atoms with Crippen LogP contribution in [0.5, 0.6) is 5.75 Å². The summed E-state index contributed by atoms with van der Waals surface area (Å²) in [4.78, 5) is 60.1. The number of para-hydroxylation sites is 1. The van der Waals surface area contributed by atoms with Crippen molar-refractivity contribution in [2.75, 3.05) is 64.3 Å². The van der Waals surface area contributed by atoms with E-state index in [1.54, 1.807) is 30.0 Å². The summed E-state index contributed by atoms with van der Waals surface area (Å²) in [6.07, 6.45) is 2.43. The zero-order chi connectivity index (χ0) is 34.5. The van der Waals surface area contributed by atoms with Crippen LogP contribution in [-0.2, 0) is 31.9 Å². The van der Waals surface area contributed by atoms with Crippen LogP contribution in [0.3, 0.4) is 0 Å². The maximum absolute atomic E-state index is 14.0. The number of phenolic OH excluding ortho intramolecular Hbond substituents is 1. The van der Waals surface area contributed by atoms with Crippen molar-refractivity contribution < 1.29 is 33.8 Å². The fourth-order valence-corrected chi connectivity index (χ4v) is 8.15. The van der Waals surface area contributed by atoms with Crippen LogP contribution >= 0.6 is 15.9 Å². The van der Waals surface area contributed by atoms with Gasteiger partial charge in [0.1, 0.15) is 5.75 Å². The third-order valence-electron chi connectivity index (χ3n) is 10.4. The van der Waals surface area contributed by atoms with Crippen molar-refractivity contribution in [1.82, 2.24) is 19.6 Å². The van der Waals surface area contributed by atoms with Gasteiger partial charge in [0.25, 0.3) is 5.91 Å². The van der Waals surface area contributed by atoms with Gasteiger partial charge in [-0.25, -0.2) is 9.59 Å². The molecule has 0 aromatic heterocycles. The molecule has 4 aliphatic rings. The number of carbonyl (C=O) groups excluding carboxylic acids is 4. The Kier molecular flexibility index (Phi) is 11.3. The average Bonchev–Trinajstić information content (AvgIpc) is 3.73. The second-order valence-corrected chi connectivity index (χ2v) is 14.4. The number of hydrogen-bond acceptors (Lipinski definition) is 8. The van der Waals surface area contributed by atoms with Crippen LogP contribution in [-0.4, -0.2) is 120 Å². The highest BCUT2D eigenvalue weighted by atomic mass is 79.9. The summed E-state index contributed by atoms with van der Waals surface area (Å²) >= 11 is 3.36. The summed E-state index contributed by atoms with van der Waals surface area (Å²) in [5, 5.41) is 13.1. The summed E-state index contributed by atoms with van der Waals surface area (Å²) in [5.74, 6) is 0.336. The molecule has 12 nitrogen and oxygen atoms in total. The zero-order valence-corrected chi connectivity index (χ0v) is 29.6. The van der Waals surface area contributed by atoms with Crippen LogP contribution in [0.1, 0.15) is 43.7 Å². The normalized spacial score (nSPS) is 22.3. The van der Waals surface area contributed by atoms with E-state index in [1.807, 2.05) is 34.1 Å². The van der Waals surface area contributed by atoms with Gasteiger partial charge < -0.3 is 34.6 Å². The number of esters is 1. The molecule has 0 saturated carbocycles. The maximum atomic E-state index is 14.0. The Bertz CT molecular complexity index is 1530. The maximum Gasteiger partial charge on any atom is 0.410 e. The highest BCUT2D eigenvalue weighted by Gasteiger charge is 2.40. The van der Waals surface area contributed by atoms with Crippen molar-refractivity contribution in [2.24, 2.45) is 11.8 Å². The smallest absolute Gasteiger partial charge is 0.410 e. The molecule has 49 heavy (non-hydrogen) atoms. The van der Waals surface area contributed by atoms with Gasteiger partial charge >= 0.3 is 18.1 Å². The number of piperidine rings is 1. The first-order valence-electron chi connectivity index (χ1n) is 17.4. The van der Waals surface area contributed by atoms with Crippen LogP contribution in [0.4, 0.5) is 15.3 Å². The summed E-state index contributed by atoms with van der Waals surface area (Å²) in [6, 6.07) is 12.7. The van der Waals surface area contributed by atoms with Gasteiger partial charge in [-0.15, -0.1) is 0 Å². The SMILES string of the molecule is CCOC(=O)CN1CCC(C2CCN(C(=O)[C@@H](Cc3ccc(O)c(Br)c3)OC(=O)N3CCC(N4CCc5ccccc5NC4=O)CC3)C2)C1. The highest BCUT2D eigenvalue weighted by Crippen LogP contribution is 2.33. The number of benzene rings is 2. The molecule has 4 amide bonds. The summed E-state index contributed by atoms with van der Waals surface area (Å²) in [6.45, 7) is 6.70. The van der Waals surface area contributed by atoms with Gasteiger partial charge in [-0.2, -0.15) is 0 Å². The molecule has 2 aromatic carbocycles. The van der Waals surface area contributed by atoms with E-state index in [2.05, 4.69) is 26.1 Å². The number of nitrogens with zero attached hydrogens (tertiary/aromatic N) is 4. The van der Waals surface area contributed by atoms with Gasteiger partial charge in [0, 0.05) is 57.4 Å². The molecular weight excluding hydrogens is 694 g/mol. The van der Waals surface area contributed by atoms with Crippen molar-refractivity contribution in [2.45, 2.75) is 57.6 Å². The Hall–Kier alpha value is -3.84. The molecule has 264 valence electrons. The molecule has 0 spiro atoms. The predicted octanol–water partition coefficient (Wildman–Crippen LogP) is 4.49. The predicted molar refractivity (Wildman–Crippen MR) is 186 cm³/mol. The molecule has 3 fully saturated rings. The largest absolute Gasteiger partial charge is 0.507 e. The number of ether oxygens (including phenoxy) is 2. The number of phenols is 1. The second-order valence-electron chi connectivity index (χ2n) is 13.5. The third kappa shape index (κ3) is 8.49. The lowest BCUT2D eigenvalue weighted by Gasteiger charge is -2.38. The molecule has 13 heteroatoms.